The molecule has 1 aliphatic heterocycles. The van der Waals surface area contributed by atoms with Crippen LogP contribution in [-0.4, -0.2) is 46.6 Å². The minimum Gasteiger partial charge on any atom is -0.381 e. The number of nitrogens with one attached hydrogen (secondary N) is 1. The molecule has 1 heterocycles. The molecule has 118 valence electrons. The maximum atomic E-state index is 12.6. The van der Waals surface area contributed by atoms with Crippen LogP contribution in [0, 0.1) is 5.92 Å². The molecule has 0 saturated carbocycles. The van der Waals surface area contributed by atoms with E-state index < -0.39 is 10.0 Å². The summed E-state index contributed by atoms with van der Waals surface area (Å²) in [5.41, 5.74) is 0.970. The lowest BCUT2D eigenvalue weighted by molar-refractivity contribution is 0.0620. The molecule has 0 unspecified atom stereocenters. The van der Waals surface area contributed by atoms with Gasteiger partial charge in [-0.05, 0) is 43.5 Å². The summed E-state index contributed by atoms with van der Waals surface area (Å²) in [5.74, 6) is 0.388. The van der Waals surface area contributed by atoms with Crippen LogP contribution in [0.4, 0.5) is 0 Å². The second-order valence-electron chi connectivity index (χ2n) is 5.52. The van der Waals surface area contributed by atoms with Crippen LogP contribution >= 0.6 is 0 Å². The summed E-state index contributed by atoms with van der Waals surface area (Å²) >= 11 is 0. The van der Waals surface area contributed by atoms with Crippen molar-refractivity contribution in [3.05, 3.63) is 29.8 Å². The molecule has 0 atom stereocenters. The van der Waals surface area contributed by atoms with Crippen molar-refractivity contribution in [3.8, 4) is 0 Å². The van der Waals surface area contributed by atoms with Gasteiger partial charge in [0.25, 0.3) is 0 Å². The van der Waals surface area contributed by atoms with Crippen LogP contribution < -0.4 is 5.32 Å². The predicted molar refractivity (Wildman–Crippen MR) is 82.6 cm³/mol. The minimum absolute atomic E-state index is 0.366. The van der Waals surface area contributed by atoms with E-state index in [1.807, 2.05) is 13.1 Å². The van der Waals surface area contributed by atoms with Gasteiger partial charge < -0.3 is 10.1 Å². The average Bonchev–Trinajstić information content (AvgIpc) is 2.49. The molecule has 6 heteroatoms. The van der Waals surface area contributed by atoms with Gasteiger partial charge in [-0.1, -0.05) is 12.1 Å². The first-order valence-electron chi connectivity index (χ1n) is 7.31. The lowest BCUT2D eigenvalue weighted by atomic mass is 10.0. The molecule has 1 saturated heterocycles. The van der Waals surface area contributed by atoms with Gasteiger partial charge in [0.1, 0.15) is 0 Å². The molecule has 0 radical (unpaired) electrons. The number of nitrogens with zero attached hydrogens (tertiary/aromatic N) is 1. The highest BCUT2D eigenvalue weighted by Gasteiger charge is 2.25. The smallest absolute Gasteiger partial charge is 0.242 e. The molecular formula is C15H24N2O3S. The van der Waals surface area contributed by atoms with Gasteiger partial charge in [0.05, 0.1) is 4.90 Å². The Morgan fingerprint density at radius 1 is 1.33 bits per heavy atom. The number of hydrogen-bond acceptors (Lipinski definition) is 4. The molecule has 2 rings (SSSR count). The van der Waals surface area contributed by atoms with Gasteiger partial charge in [-0.2, -0.15) is 0 Å². The number of rotatable bonds is 6. The molecule has 1 fully saturated rings. The normalized spacial score (nSPS) is 17.3. The predicted octanol–water partition coefficient (Wildman–Crippen LogP) is 1.45. The Hall–Kier alpha value is -0.950. The van der Waals surface area contributed by atoms with Crippen LogP contribution in [0.25, 0.3) is 0 Å². The topological polar surface area (TPSA) is 58.6 Å². The van der Waals surface area contributed by atoms with Crippen molar-refractivity contribution in [2.24, 2.45) is 5.92 Å². The largest absolute Gasteiger partial charge is 0.381 e. The zero-order valence-electron chi connectivity index (χ0n) is 12.7. The molecule has 1 N–H and O–H groups in total. The number of benzene rings is 1. The van der Waals surface area contributed by atoms with Crippen LogP contribution in [0.15, 0.2) is 29.2 Å². The van der Waals surface area contributed by atoms with Crippen molar-refractivity contribution in [1.82, 2.24) is 9.62 Å². The molecule has 0 bridgehead atoms. The highest BCUT2D eigenvalue weighted by Crippen LogP contribution is 2.21. The maximum absolute atomic E-state index is 12.6. The van der Waals surface area contributed by atoms with Crippen molar-refractivity contribution < 1.29 is 13.2 Å². The quantitative estimate of drug-likeness (QED) is 0.864. The van der Waals surface area contributed by atoms with Crippen molar-refractivity contribution in [1.29, 1.82) is 0 Å². The van der Waals surface area contributed by atoms with Crippen LogP contribution in [-0.2, 0) is 21.3 Å². The first-order valence-corrected chi connectivity index (χ1v) is 8.75. The third kappa shape index (κ3) is 4.26. The van der Waals surface area contributed by atoms with E-state index in [0.29, 0.717) is 23.9 Å². The van der Waals surface area contributed by atoms with E-state index in [4.69, 9.17) is 4.74 Å². The van der Waals surface area contributed by atoms with Crippen molar-refractivity contribution in [2.75, 3.05) is 33.9 Å². The maximum Gasteiger partial charge on any atom is 0.242 e. The average molecular weight is 312 g/mol. The van der Waals surface area contributed by atoms with E-state index >= 15 is 0 Å². The summed E-state index contributed by atoms with van der Waals surface area (Å²) in [6.45, 7) is 2.68. The molecular weight excluding hydrogens is 288 g/mol. The van der Waals surface area contributed by atoms with Crippen LogP contribution in [0.2, 0.25) is 0 Å². The van der Waals surface area contributed by atoms with Gasteiger partial charge in [-0.25, -0.2) is 12.7 Å². The van der Waals surface area contributed by atoms with Crippen molar-refractivity contribution >= 4 is 10.0 Å². The summed E-state index contributed by atoms with van der Waals surface area (Å²) in [6, 6.07) is 7.12. The van der Waals surface area contributed by atoms with E-state index in [2.05, 4.69) is 5.32 Å². The van der Waals surface area contributed by atoms with E-state index in [0.717, 1.165) is 31.6 Å². The lowest BCUT2D eigenvalue weighted by Gasteiger charge is -2.26. The van der Waals surface area contributed by atoms with Gasteiger partial charge in [0, 0.05) is 33.4 Å². The molecule has 1 aliphatic rings. The van der Waals surface area contributed by atoms with Gasteiger partial charge in [-0.3, -0.25) is 0 Å². The summed E-state index contributed by atoms with van der Waals surface area (Å²) in [6.07, 6.45) is 1.86. The standard InChI is InChI=1S/C15H24N2O3S/c1-16-11-14-4-3-5-15(10-14)21(18,19)17(2)12-13-6-8-20-9-7-13/h3-5,10,13,16H,6-9,11-12H2,1-2H3. The Morgan fingerprint density at radius 3 is 2.71 bits per heavy atom. The fourth-order valence-corrected chi connectivity index (χ4v) is 3.91. The van der Waals surface area contributed by atoms with Crippen LogP contribution in [0.5, 0.6) is 0 Å². The third-order valence-electron chi connectivity index (χ3n) is 3.84. The summed E-state index contributed by atoms with van der Waals surface area (Å²) in [7, 11) is 0.0935. The number of sulfonamides is 1. The summed E-state index contributed by atoms with van der Waals surface area (Å²) in [4.78, 5) is 0.366. The lowest BCUT2D eigenvalue weighted by Crippen LogP contribution is -2.34. The Balaban J connectivity index is 2.10. The molecule has 0 amide bonds. The van der Waals surface area contributed by atoms with E-state index in [1.165, 1.54) is 4.31 Å². The van der Waals surface area contributed by atoms with Crippen LogP contribution in [0.3, 0.4) is 0 Å². The van der Waals surface area contributed by atoms with Gasteiger partial charge >= 0.3 is 0 Å². The molecule has 21 heavy (non-hydrogen) atoms. The van der Waals surface area contributed by atoms with Crippen molar-refractivity contribution in [2.45, 2.75) is 24.3 Å². The van der Waals surface area contributed by atoms with E-state index in [1.54, 1.807) is 25.2 Å². The Bertz CT molecular complexity index is 554. The van der Waals surface area contributed by atoms with Gasteiger partial charge in [-0.15, -0.1) is 0 Å². The molecule has 1 aromatic rings. The van der Waals surface area contributed by atoms with Gasteiger partial charge in [0.2, 0.25) is 10.0 Å². The molecule has 0 aromatic heterocycles. The molecule has 1 aromatic carbocycles. The summed E-state index contributed by atoms with van der Waals surface area (Å²) < 4.78 is 32.1. The van der Waals surface area contributed by atoms with Gasteiger partial charge in [0.15, 0.2) is 0 Å². The first-order chi connectivity index (χ1) is 10.0. The summed E-state index contributed by atoms with van der Waals surface area (Å²) in [5, 5.41) is 3.04. The molecule has 5 nitrogen and oxygen atoms in total. The SMILES string of the molecule is CNCc1cccc(S(=O)(=O)N(C)CC2CCOCC2)c1. The number of hydrogen-bond donors (Lipinski definition) is 1. The van der Waals surface area contributed by atoms with E-state index in [-0.39, 0.29) is 0 Å². The number of ether oxygens (including phenoxy) is 1. The Morgan fingerprint density at radius 2 is 2.05 bits per heavy atom. The van der Waals surface area contributed by atoms with Crippen LogP contribution in [0.1, 0.15) is 18.4 Å². The highest BCUT2D eigenvalue weighted by molar-refractivity contribution is 7.89. The molecule has 0 spiro atoms. The first kappa shape index (κ1) is 16.4. The second-order valence-corrected chi connectivity index (χ2v) is 7.56. The fraction of sp³-hybridized carbons (Fsp3) is 0.600. The third-order valence-corrected chi connectivity index (χ3v) is 5.66. The highest BCUT2D eigenvalue weighted by atomic mass is 32.2. The minimum atomic E-state index is -3.41. The second kappa shape index (κ2) is 7.35. The zero-order valence-corrected chi connectivity index (χ0v) is 13.5. The van der Waals surface area contributed by atoms with Crippen molar-refractivity contribution in [3.63, 3.8) is 0 Å². The monoisotopic (exact) mass is 312 g/mol. The fourth-order valence-electron chi connectivity index (χ4n) is 2.59. The van der Waals surface area contributed by atoms with E-state index in [9.17, 15) is 8.42 Å². The zero-order chi connectivity index (χ0) is 15.3. The Labute approximate surface area is 127 Å². The molecule has 0 aliphatic carbocycles. The Kier molecular flexibility index (Phi) is 5.75.